The lowest BCUT2D eigenvalue weighted by atomic mass is 9.97. The third kappa shape index (κ3) is 5.83. The van der Waals surface area contributed by atoms with Crippen molar-refractivity contribution in [1.82, 2.24) is 24.5 Å². The molecule has 3 aromatic carbocycles. The van der Waals surface area contributed by atoms with Crippen molar-refractivity contribution in [2.75, 3.05) is 0 Å². The normalized spacial score (nSPS) is 11.7. The summed E-state index contributed by atoms with van der Waals surface area (Å²) >= 11 is 12.2. The topological polar surface area (TPSA) is 106 Å². The van der Waals surface area contributed by atoms with Gasteiger partial charge in [-0.2, -0.15) is 5.26 Å². The minimum atomic E-state index is -0.914. The monoisotopic (exact) mass is 572 g/mol. The fraction of sp³-hybridized carbons (Fsp3) is 0.103. The Kier molecular flexibility index (Phi) is 7.82. The Labute approximate surface area is 237 Å². The summed E-state index contributed by atoms with van der Waals surface area (Å²) < 4.78 is 16.9. The van der Waals surface area contributed by atoms with Gasteiger partial charge in [0.05, 0.1) is 29.5 Å². The van der Waals surface area contributed by atoms with Crippen LogP contribution in [0, 0.1) is 17.1 Å². The molecule has 198 valence electrons. The van der Waals surface area contributed by atoms with Gasteiger partial charge in [0.15, 0.2) is 10.9 Å². The second-order valence-corrected chi connectivity index (χ2v) is 9.77. The number of halogens is 3. The van der Waals surface area contributed by atoms with Crippen LogP contribution in [0.15, 0.2) is 90.1 Å². The van der Waals surface area contributed by atoms with E-state index < -0.39 is 17.4 Å². The van der Waals surface area contributed by atoms with Gasteiger partial charge in [-0.3, -0.25) is 14.2 Å². The first-order chi connectivity index (χ1) is 19.3. The highest BCUT2D eigenvalue weighted by Crippen LogP contribution is 2.28. The number of hydrogen-bond donors (Lipinski definition) is 0. The van der Waals surface area contributed by atoms with Gasteiger partial charge in [-0.05, 0) is 41.5 Å². The van der Waals surface area contributed by atoms with Gasteiger partial charge in [-0.25, -0.2) is 14.1 Å². The van der Waals surface area contributed by atoms with Gasteiger partial charge < -0.3 is 0 Å². The Morgan fingerprint density at radius 2 is 1.82 bits per heavy atom. The maximum absolute atomic E-state index is 14.2. The molecule has 8 nitrogen and oxygen atoms in total. The molecule has 40 heavy (non-hydrogen) atoms. The number of aromatic nitrogens is 5. The number of benzene rings is 3. The molecule has 2 heterocycles. The Hall–Kier alpha value is -4.65. The predicted molar refractivity (Wildman–Crippen MR) is 148 cm³/mol. The van der Waals surface area contributed by atoms with Crippen LogP contribution < -0.4 is 5.56 Å². The zero-order chi connectivity index (χ0) is 28.2. The van der Waals surface area contributed by atoms with Crippen LogP contribution in [0.25, 0.3) is 16.9 Å². The largest absolute Gasteiger partial charge is 0.297 e. The van der Waals surface area contributed by atoms with Gasteiger partial charge in [0, 0.05) is 29.5 Å². The maximum atomic E-state index is 14.2. The molecular weight excluding hydrogens is 554 g/mol. The Balaban J connectivity index is 1.53. The molecule has 0 saturated heterocycles. The summed E-state index contributed by atoms with van der Waals surface area (Å²) in [4.78, 5) is 31.5. The smallest absolute Gasteiger partial charge is 0.254 e. The lowest BCUT2D eigenvalue weighted by Crippen LogP contribution is -2.32. The van der Waals surface area contributed by atoms with Crippen LogP contribution in [-0.2, 0) is 17.6 Å². The molecule has 0 fully saturated rings. The van der Waals surface area contributed by atoms with Crippen molar-refractivity contribution in [2.24, 2.45) is 0 Å². The Morgan fingerprint density at radius 3 is 2.50 bits per heavy atom. The highest BCUT2D eigenvalue weighted by molar-refractivity contribution is 6.31. The summed E-state index contributed by atoms with van der Waals surface area (Å²) in [5, 5.41) is 17.4. The first-order valence-electron chi connectivity index (χ1n) is 12.0. The number of hydrogen-bond acceptors (Lipinski definition) is 6. The molecule has 0 amide bonds. The van der Waals surface area contributed by atoms with E-state index in [9.17, 15) is 14.0 Å². The number of rotatable bonds is 8. The zero-order valence-electron chi connectivity index (χ0n) is 20.7. The van der Waals surface area contributed by atoms with Gasteiger partial charge in [0.25, 0.3) is 5.56 Å². The van der Waals surface area contributed by atoms with Crippen molar-refractivity contribution in [3.8, 4) is 23.0 Å². The minimum absolute atomic E-state index is 0.110. The quantitative estimate of drug-likeness (QED) is 0.246. The van der Waals surface area contributed by atoms with E-state index in [1.165, 1.54) is 40.0 Å². The molecule has 0 radical (unpaired) electrons. The fourth-order valence-electron chi connectivity index (χ4n) is 4.35. The molecule has 0 N–H and O–H groups in total. The standard InChI is InChI=1S/C29H19Cl2FN6O2/c30-21-8-9-25(38-16-28(31)35-36-38)22(13-21)24-14-29(40)37(17-34-24)26(11-18-4-2-1-3-5-18)27(39)12-19-6-7-20(15-33)23(32)10-19/h1-10,13-14,16-17,26H,11-12H2/t26-/m0/s1. The van der Waals surface area contributed by atoms with Gasteiger partial charge in [-0.1, -0.05) is 64.8 Å². The van der Waals surface area contributed by atoms with Crippen LogP contribution in [0.2, 0.25) is 10.2 Å². The fourth-order valence-corrected chi connectivity index (χ4v) is 4.65. The molecule has 1 atom stereocenters. The minimum Gasteiger partial charge on any atom is -0.297 e. The number of Topliss-reactive ketones (excluding diaryl/α,β-unsaturated/α-hetero) is 1. The molecule has 5 aromatic rings. The number of nitriles is 1. The lowest BCUT2D eigenvalue weighted by molar-refractivity contribution is -0.121. The molecule has 0 unspecified atom stereocenters. The second-order valence-electron chi connectivity index (χ2n) is 8.94. The van der Waals surface area contributed by atoms with Crippen molar-refractivity contribution >= 4 is 29.0 Å². The molecular formula is C29H19Cl2FN6O2. The third-order valence-electron chi connectivity index (χ3n) is 6.29. The molecule has 0 bridgehead atoms. The molecule has 5 rings (SSSR count). The maximum Gasteiger partial charge on any atom is 0.254 e. The van der Waals surface area contributed by atoms with Crippen molar-refractivity contribution in [1.29, 1.82) is 5.26 Å². The Morgan fingerprint density at radius 1 is 1.02 bits per heavy atom. The highest BCUT2D eigenvalue weighted by Gasteiger charge is 2.24. The van der Waals surface area contributed by atoms with E-state index in [2.05, 4.69) is 15.3 Å². The molecule has 0 saturated carbocycles. The van der Waals surface area contributed by atoms with E-state index in [1.54, 1.807) is 24.3 Å². The number of carbonyl (C=O) groups excluding carboxylic acids is 1. The highest BCUT2D eigenvalue weighted by atomic mass is 35.5. The van der Waals surface area contributed by atoms with Crippen LogP contribution in [0.4, 0.5) is 4.39 Å². The van der Waals surface area contributed by atoms with Crippen molar-refractivity contribution in [3.63, 3.8) is 0 Å². The van der Waals surface area contributed by atoms with E-state index in [-0.39, 0.29) is 29.3 Å². The number of nitrogens with zero attached hydrogens (tertiary/aromatic N) is 6. The summed E-state index contributed by atoms with van der Waals surface area (Å²) in [6.07, 6.45) is 2.91. The molecule has 11 heteroatoms. The molecule has 0 aliphatic heterocycles. The van der Waals surface area contributed by atoms with Crippen molar-refractivity contribution in [2.45, 2.75) is 18.9 Å². The molecule has 2 aromatic heterocycles. The van der Waals surface area contributed by atoms with Crippen molar-refractivity contribution < 1.29 is 9.18 Å². The third-order valence-corrected chi connectivity index (χ3v) is 6.70. The van der Waals surface area contributed by atoms with Gasteiger partial charge >= 0.3 is 0 Å². The number of carbonyl (C=O) groups is 1. The summed E-state index contributed by atoms with van der Waals surface area (Å²) in [5.41, 5.74) is 2.03. The van der Waals surface area contributed by atoms with Gasteiger partial charge in [0.1, 0.15) is 17.9 Å². The average molecular weight is 573 g/mol. The van der Waals surface area contributed by atoms with Gasteiger partial charge in [-0.15, -0.1) is 5.10 Å². The average Bonchev–Trinajstić information content (AvgIpc) is 3.38. The van der Waals surface area contributed by atoms with E-state index in [0.717, 1.165) is 11.6 Å². The lowest BCUT2D eigenvalue weighted by Gasteiger charge is -2.19. The molecule has 0 aliphatic rings. The second kappa shape index (κ2) is 11.6. The van der Waals surface area contributed by atoms with Crippen LogP contribution in [-0.4, -0.2) is 30.3 Å². The van der Waals surface area contributed by atoms with Crippen LogP contribution in [0.5, 0.6) is 0 Å². The van der Waals surface area contributed by atoms with Crippen molar-refractivity contribution in [3.05, 3.63) is 128 Å². The first-order valence-corrected chi connectivity index (χ1v) is 12.8. The summed E-state index contributed by atoms with van der Waals surface area (Å²) in [6.45, 7) is 0. The summed E-state index contributed by atoms with van der Waals surface area (Å²) in [6, 6.07) is 20.5. The van der Waals surface area contributed by atoms with E-state index >= 15 is 0 Å². The van der Waals surface area contributed by atoms with Crippen LogP contribution in [0.3, 0.4) is 0 Å². The number of ketones is 1. The van der Waals surface area contributed by atoms with E-state index in [1.807, 2.05) is 30.3 Å². The summed E-state index contributed by atoms with van der Waals surface area (Å²) in [5.74, 6) is -1.02. The summed E-state index contributed by atoms with van der Waals surface area (Å²) in [7, 11) is 0. The van der Waals surface area contributed by atoms with E-state index in [4.69, 9.17) is 28.5 Å². The SMILES string of the molecule is N#Cc1ccc(CC(=O)[C@H](Cc2ccccc2)n2cnc(-c3cc(Cl)ccc3-n3cc(Cl)nn3)cc2=O)cc1F. The predicted octanol–water partition coefficient (Wildman–Crippen LogP) is 5.40. The molecule has 0 spiro atoms. The van der Waals surface area contributed by atoms with Crippen LogP contribution in [0.1, 0.15) is 22.7 Å². The van der Waals surface area contributed by atoms with Crippen LogP contribution >= 0.6 is 23.2 Å². The Bertz CT molecular complexity index is 1810. The van der Waals surface area contributed by atoms with Gasteiger partial charge in [0.2, 0.25) is 0 Å². The van der Waals surface area contributed by atoms with E-state index in [0.29, 0.717) is 27.5 Å². The first kappa shape index (κ1) is 26.9. The zero-order valence-corrected chi connectivity index (χ0v) is 22.2. The molecule has 0 aliphatic carbocycles.